The fraction of sp³-hybridized carbons (Fsp3) is 0.115. The minimum Gasteiger partial charge on any atom is -0.324 e. The van der Waals surface area contributed by atoms with Crippen molar-refractivity contribution in [3.8, 4) is 0 Å². The molecule has 9 heteroatoms. The Hall–Kier alpha value is -3.69. The summed E-state index contributed by atoms with van der Waals surface area (Å²) in [6, 6.07) is 18.4. The normalized spacial score (nSPS) is 11.6. The van der Waals surface area contributed by atoms with Gasteiger partial charge in [0.2, 0.25) is 5.95 Å². The Labute approximate surface area is 208 Å². The molecule has 0 bridgehead atoms. The van der Waals surface area contributed by atoms with Crippen LogP contribution in [0.5, 0.6) is 0 Å². The topological polar surface area (TPSA) is 89.8 Å². The summed E-state index contributed by atoms with van der Waals surface area (Å²) in [5, 5.41) is 3.99. The number of aryl methyl sites for hydroxylation is 1. The van der Waals surface area contributed by atoms with Gasteiger partial charge in [-0.05, 0) is 72.3 Å². The molecule has 7 nitrogen and oxygen atoms in total. The first-order chi connectivity index (χ1) is 16.9. The Morgan fingerprint density at radius 2 is 1.66 bits per heavy atom. The number of nitrogens with one attached hydrogen (secondary N) is 1. The Bertz CT molecular complexity index is 1580. The number of rotatable bonds is 7. The van der Waals surface area contributed by atoms with Gasteiger partial charge in [0.05, 0.1) is 4.90 Å². The Morgan fingerprint density at radius 1 is 0.943 bits per heavy atom. The maximum atomic E-state index is 13.3. The Kier molecular flexibility index (Phi) is 6.27. The second-order valence-electron chi connectivity index (χ2n) is 8.10. The number of hydrogen-bond acceptors (Lipinski definition) is 7. The maximum absolute atomic E-state index is 13.3. The number of anilines is 2. The highest BCUT2D eigenvalue weighted by atomic mass is 32.2. The number of hydrogen-bond donors (Lipinski definition) is 1. The van der Waals surface area contributed by atoms with Crippen LogP contribution in [0.1, 0.15) is 16.7 Å². The van der Waals surface area contributed by atoms with Crippen molar-refractivity contribution in [3.63, 3.8) is 0 Å². The lowest BCUT2D eigenvalue weighted by molar-refractivity contribution is 0.588. The third kappa shape index (κ3) is 4.78. The molecule has 0 saturated carbocycles. The zero-order valence-corrected chi connectivity index (χ0v) is 20.8. The van der Waals surface area contributed by atoms with E-state index in [9.17, 15) is 8.42 Å². The summed E-state index contributed by atoms with van der Waals surface area (Å²) in [4.78, 5) is 14.7. The number of pyridine rings is 1. The molecule has 176 valence electrons. The number of benzene rings is 2. The van der Waals surface area contributed by atoms with Crippen LogP contribution >= 0.6 is 11.8 Å². The fourth-order valence-corrected chi connectivity index (χ4v) is 5.59. The molecule has 0 fully saturated rings. The highest BCUT2D eigenvalue weighted by Crippen LogP contribution is 2.27. The minimum atomic E-state index is -3.78. The molecule has 35 heavy (non-hydrogen) atoms. The third-order valence-corrected chi connectivity index (χ3v) is 7.98. The second kappa shape index (κ2) is 9.52. The third-order valence-electron chi connectivity index (χ3n) is 5.58. The summed E-state index contributed by atoms with van der Waals surface area (Å²) < 4.78 is 28.0. The van der Waals surface area contributed by atoms with Crippen LogP contribution in [0.15, 0.2) is 95.2 Å². The number of thioether (sulfide) groups is 1. The number of aromatic nitrogens is 4. The summed E-state index contributed by atoms with van der Waals surface area (Å²) in [5.41, 5.74) is 3.98. The second-order valence-corrected chi connectivity index (χ2v) is 10.8. The van der Waals surface area contributed by atoms with Crippen molar-refractivity contribution in [2.24, 2.45) is 0 Å². The maximum Gasteiger partial charge on any atom is 0.269 e. The van der Waals surface area contributed by atoms with Gasteiger partial charge in [0, 0.05) is 47.2 Å². The van der Waals surface area contributed by atoms with E-state index in [1.807, 2.05) is 43.5 Å². The van der Waals surface area contributed by atoms with Crippen LogP contribution in [-0.2, 0) is 16.4 Å². The van der Waals surface area contributed by atoms with Gasteiger partial charge in [-0.3, -0.25) is 0 Å². The molecule has 5 aromatic rings. The molecule has 0 spiro atoms. The molecular formula is C26H23N5O2S2. The van der Waals surface area contributed by atoms with Crippen molar-refractivity contribution in [3.05, 3.63) is 102 Å². The standard InChI is InChI=1S/C26H23N5O2S2/c1-18-12-24-20(17-31(25(24)27-14-18)35(32,33)23-6-4-3-5-7-23)13-19-15-28-26(29-16-19)30-21-8-10-22(34-2)11-9-21/h3-12,14-17H,13H2,1-2H3,(H,28,29,30). The predicted octanol–water partition coefficient (Wildman–Crippen LogP) is 5.43. The lowest BCUT2D eigenvalue weighted by Crippen LogP contribution is -2.12. The monoisotopic (exact) mass is 501 g/mol. The number of fused-ring (bicyclic) bond motifs is 1. The molecule has 0 radical (unpaired) electrons. The summed E-state index contributed by atoms with van der Waals surface area (Å²) in [6.45, 7) is 1.94. The summed E-state index contributed by atoms with van der Waals surface area (Å²) >= 11 is 1.69. The van der Waals surface area contributed by atoms with E-state index in [0.717, 1.165) is 27.8 Å². The van der Waals surface area contributed by atoms with Crippen molar-refractivity contribution < 1.29 is 8.42 Å². The first-order valence-electron chi connectivity index (χ1n) is 10.9. The van der Waals surface area contributed by atoms with Crippen LogP contribution in [0.3, 0.4) is 0 Å². The first kappa shape index (κ1) is 23.1. The molecule has 0 atom stereocenters. The van der Waals surface area contributed by atoms with Gasteiger partial charge in [0.25, 0.3) is 10.0 Å². The van der Waals surface area contributed by atoms with Crippen LogP contribution in [0.4, 0.5) is 11.6 Å². The molecular weight excluding hydrogens is 478 g/mol. The van der Waals surface area contributed by atoms with E-state index >= 15 is 0 Å². The lowest BCUT2D eigenvalue weighted by atomic mass is 10.1. The van der Waals surface area contributed by atoms with Gasteiger partial charge in [-0.15, -0.1) is 11.8 Å². The SMILES string of the molecule is CSc1ccc(Nc2ncc(Cc3cn(S(=O)(=O)c4ccccc4)c4ncc(C)cc34)cn2)cc1. The fourth-order valence-electron chi connectivity index (χ4n) is 3.81. The van der Waals surface area contributed by atoms with Gasteiger partial charge < -0.3 is 5.32 Å². The zero-order valence-electron chi connectivity index (χ0n) is 19.2. The van der Waals surface area contributed by atoms with E-state index in [-0.39, 0.29) is 4.90 Å². The smallest absolute Gasteiger partial charge is 0.269 e. The van der Waals surface area contributed by atoms with E-state index in [1.54, 1.807) is 66.9 Å². The van der Waals surface area contributed by atoms with Crippen molar-refractivity contribution >= 4 is 44.5 Å². The largest absolute Gasteiger partial charge is 0.324 e. The van der Waals surface area contributed by atoms with Gasteiger partial charge in [-0.1, -0.05) is 18.2 Å². The Balaban J connectivity index is 1.45. The summed E-state index contributed by atoms with van der Waals surface area (Å²) in [7, 11) is -3.78. The zero-order chi connectivity index (χ0) is 24.4. The highest BCUT2D eigenvalue weighted by molar-refractivity contribution is 7.98. The van der Waals surface area contributed by atoms with E-state index in [0.29, 0.717) is 18.0 Å². The van der Waals surface area contributed by atoms with Crippen LogP contribution in [0, 0.1) is 6.92 Å². The average molecular weight is 502 g/mol. The quantitative estimate of drug-likeness (QED) is 0.298. The van der Waals surface area contributed by atoms with Crippen molar-refractivity contribution in [1.82, 2.24) is 18.9 Å². The molecule has 0 aliphatic heterocycles. The van der Waals surface area contributed by atoms with E-state index in [2.05, 4.69) is 20.3 Å². The van der Waals surface area contributed by atoms with Gasteiger partial charge in [-0.25, -0.2) is 27.3 Å². The van der Waals surface area contributed by atoms with E-state index < -0.39 is 10.0 Å². The van der Waals surface area contributed by atoms with Gasteiger partial charge in [0.15, 0.2) is 5.65 Å². The summed E-state index contributed by atoms with van der Waals surface area (Å²) in [5.74, 6) is 0.497. The van der Waals surface area contributed by atoms with E-state index in [4.69, 9.17) is 0 Å². The van der Waals surface area contributed by atoms with Gasteiger partial charge in [-0.2, -0.15) is 0 Å². The molecule has 0 saturated heterocycles. The van der Waals surface area contributed by atoms with Gasteiger partial charge in [0.1, 0.15) is 0 Å². The molecule has 5 rings (SSSR count). The average Bonchev–Trinajstić information content (AvgIpc) is 3.24. The molecule has 3 heterocycles. The first-order valence-corrected chi connectivity index (χ1v) is 13.6. The van der Waals surface area contributed by atoms with Crippen LogP contribution < -0.4 is 5.32 Å². The van der Waals surface area contributed by atoms with E-state index in [1.165, 1.54) is 8.87 Å². The molecule has 2 aromatic carbocycles. The van der Waals surface area contributed by atoms with Gasteiger partial charge >= 0.3 is 0 Å². The molecule has 0 aliphatic rings. The lowest BCUT2D eigenvalue weighted by Gasteiger charge is -2.06. The molecule has 1 N–H and O–H groups in total. The molecule has 0 amide bonds. The van der Waals surface area contributed by atoms with Crippen LogP contribution in [-0.4, -0.2) is 33.6 Å². The molecule has 0 unspecified atom stereocenters. The Morgan fingerprint density at radius 3 is 2.34 bits per heavy atom. The molecule has 3 aromatic heterocycles. The van der Waals surface area contributed by atoms with Crippen molar-refractivity contribution in [1.29, 1.82) is 0 Å². The van der Waals surface area contributed by atoms with Crippen LogP contribution in [0.25, 0.3) is 11.0 Å². The summed E-state index contributed by atoms with van der Waals surface area (Å²) in [6.07, 6.45) is 9.35. The van der Waals surface area contributed by atoms with Crippen LogP contribution in [0.2, 0.25) is 0 Å². The van der Waals surface area contributed by atoms with Crippen molar-refractivity contribution in [2.75, 3.05) is 11.6 Å². The van der Waals surface area contributed by atoms with Crippen molar-refractivity contribution in [2.45, 2.75) is 23.1 Å². The molecule has 0 aliphatic carbocycles. The number of nitrogens with zero attached hydrogens (tertiary/aromatic N) is 4. The highest BCUT2D eigenvalue weighted by Gasteiger charge is 2.22. The predicted molar refractivity (Wildman–Crippen MR) is 140 cm³/mol. The minimum absolute atomic E-state index is 0.218.